The van der Waals surface area contributed by atoms with Crippen LogP contribution in [0, 0.1) is 0 Å². The van der Waals surface area contributed by atoms with E-state index in [1.807, 2.05) is 0 Å². The zero-order chi connectivity index (χ0) is 18.5. The summed E-state index contributed by atoms with van der Waals surface area (Å²) in [5, 5.41) is 7.09. The number of piperidine rings is 1. The van der Waals surface area contributed by atoms with Gasteiger partial charge in [0, 0.05) is 19.1 Å². The Morgan fingerprint density at radius 3 is 2.75 bits per heavy atom. The lowest BCUT2D eigenvalue weighted by atomic mass is 9.96. The van der Waals surface area contributed by atoms with E-state index in [-0.39, 0.29) is 24.0 Å². The molecule has 2 N–H and O–H groups in total. The molecule has 28 heavy (non-hydrogen) atoms. The molecule has 3 saturated heterocycles. The Kier molecular flexibility index (Phi) is 8.41. The van der Waals surface area contributed by atoms with E-state index in [1.54, 1.807) is 0 Å². The average Bonchev–Trinajstić information content (AvgIpc) is 3.31. The molecule has 0 radical (unpaired) electrons. The highest BCUT2D eigenvalue weighted by Crippen LogP contribution is 2.34. The Bertz CT molecular complexity index is 626. The first-order valence-corrected chi connectivity index (χ1v) is 10.8. The van der Waals surface area contributed by atoms with Gasteiger partial charge in [0.05, 0.1) is 24.8 Å². The van der Waals surface area contributed by atoms with Gasteiger partial charge in [0.25, 0.3) is 0 Å². The van der Waals surface area contributed by atoms with Crippen molar-refractivity contribution in [2.24, 2.45) is 4.99 Å². The topological polar surface area (TPSA) is 48.9 Å². The molecule has 5 nitrogen and oxygen atoms in total. The predicted octanol–water partition coefficient (Wildman–Crippen LogP) is 3.53. The fourth-order valence-corrected chi connectivity index (χ4v) is 4.77. The number of hydrogen-bond acceptors (Lipinski definition) is 3. The van der Waals surface area contributed by atoms with Crippen molar-refractivity contribution in [2.75, 3.05) is 19.6 Å². The van der Waals surface area contributed by atoms with E-state index >= 15 is 0 Å². The number of aliphatic imine (C=N–C) groups is 1. The van der Waals surface area contributed by atoms with E-state index in [2.05, 4.69) is 52.8 Å². The molecule has 4 rings (SSSR count). The minimum Gasteiger partial charge on any atom is -0.373 e. The Morgan fingerprint density at radius 2 is 2.04 bits per heavy atom. The molecule has 0 spiro atoms. The van der Waals surface area contributed by atoms with Crippen LogP contribution in [-0.4, -0.2) is 54.8 Å². The number of hydrogen-bond donors (Lipinski definition) is 2. The third kappa shape index (κ3) is 5.60. The summed E-state index contributed by atoms with van der Waals surface area (Å²) in [6, 6.07) is 11.8. The van der Waals surface area contributed by atoms with Crippen LogP contribution in [0.2, 0.25) is 0 Å². The van der Waals surface area contributed by atoms with Crippen LogP contribution in [0.3, 0.4) is 0 Å². The van der Waals surface area contributed by atoms with Crippen LogP contribution in [0.4, 0.5) is 0 Å². The second-order valence-electron chi connectivity index (χ2n) is 8.19. The maximum absolute atomic E-state index is 5.99. The summed E-state index contributed by atoms with van der Waals surface area (Å²) < 4.78 is 5.99. The molecular formula is C22H35IN4O. The molecule has 0 aliphatic carbocycles. The fraction of sp³-hybridized carbons (Fsp3) is 0.682. The number of nitrogens with zero attached hydrogens (tertiary/aromatic N) is 2. The predicted molar refractivity (Wildman–Crippen MR) is 125 cm³/mol. The van der Waals surface area contributed by atoms with E-state index in [0.29, 0.717) is 24.3 Å². The molecule has 3 fully saturated rings. The van der Waals surface area contributed by atoms with Crippen LogP contribution in [0.5, 0.6) is 0 Å². The smallest absolute Gasteiger partial charge is 0.191 e. The maximum atomic E-state index is 5.99. The molecule has 4 atom stereocenters. The van der Waals surface area contributed by atoms with Crippen molar-refractivity contribution in [3.8, 4) is 0 Å². The summed E-state index contributed by atoms with van der Waals surface area (Å²) >= 11 is 0. The molecule has 1 aromatic rings. The van der Waals surface area contributed by atoms with Crippen molar-refractivity contribution in [1.29, 1.82) is 0 Å². The van der Waals surface area contributed by atoms with Crippen LogP contribution in [0.25, 0.3) is 0 Å². The van der Waals surface area contributed by atoms with Gasteiger partial charge in [0.2, 0.25) is 0 Å². The Labute approximate surface area is 186 Å². The number of halogens is 1. The highest BCUT2D eigenvalue weighted by molar-refractivity contribution is 14.0. The van der Waals surface area contributed by atoms with Gasteiger partial charge in [0.1, 0.15) is 0 Å². The van der Waals surface area contributed by atoms with Gasteiger partial charge in [-0.25, -0.2) is 0 Å². The van der Waals surface area contributed by atoms with Gasteiger partial charge in [-0.15, -0.1) is 24.0 Å². The van der Waals surface area contributed by atoms with Crippen molar-refractivity contribution in [2.45, 2.75) is 76.3 Å². The number of rotatable bonds is 6. The molecule has 6 heteroatoms. The maximum Gasteiger partial charge on any atom is 0.191 e. The van der Waals surface area contributed by atoms with Crippen LogP contribution in [0.15, 0.2) is 35.3 Å². The lowest BCUT2D eigenvalue weighted by Gasteiger charge is -2.35. The second-order valence-corrected chi connectivity index (χ2v) is 8.19. The number of benzene rings is 1. The lowest BCUT2D eigenvalue weighted by Crippen LogP contribution is -2.48. The molecule has 3 aliphatic heterocycles. The molecule has 2 bridgehead atoms. The van der Waals surface area contributed by atoms with E-state index in [9.17, 15) is 0 Å². The van der Waals surface area contributed by atoms with E-state index in [1.165, 1.54) is 44.2 Å². The van der Waals surface area contributed by atoms with Crippen molar-refractivity contribution in [1.82, 2.24) is 15.5 Å². The molecule has 0 saturated carbocycles. The largest absolute Gasteiger partial charge is 0.373 e. The number of nitrogens with one attached hydrogen (secondary N) is 2. The van der Waals surface area contributed by atoms with Gasteiger partial charge >= 0.3 is 0 Å². The van der Waals surface area contributed by atoms with Crippen molar-refractivity contribution < 1.29 is 4.74 Å². The lowest BCUT2D eigenvalue weighted by molar-refractivity contribution is 0.0992. The summed E-state index contributed by atoms with van der Waals surface area (Å²) in [7, 11) is 0. The van der Waals surface area contributed by atoms with Crippen LogP contribution >= 0.6 is 24.0 Å². The third-order valence-corrected chi connectivity index (χ3v) is 6.21. The molecule has 4 unspecified atom stereocenters. The number of fused-ring (bicyclic) bond motifs is 2. The highest BCUT2D eigenvalue weighted by Gasteiger charge is 2.41. The summed E-state index contributed by atoms with van der Waals surface area (Å²) in [6.45, 7) is 6.11. The molecule has 0 amide bonds. The van der Waals surface area contributed by atoms with Crippen LogP contribution in [0.1, 0.15) is 51.0 Å². The molecule has 1 aromatic carbocycles. The quantitative estimate of drug-likeness (QED) is 0.358. The molecular weight excluding hydrogens is 463 g/mol. The first-order valence-electron chi connectivity index (χ1n) is 10.8. The molecule has 156 valence electrons. The third-order valence-electron chi connectivity index (χ3n) is 6.21. The number of likely N-dealkylation sites (tertiary alicyclic amines) is 1. The van der Waals surface area contributed by atoms with Crippen molar-refractivity contribution >= 4 is 29.9 Å². The van der Waals surface area contributed by atoms with Gasteiger partial charge in [-0.3, -0.25) is 9.89 Å². The monoisotopic (exact) mass is 498 g/mol. The summed E-state index contributed by atoms with van der Waals surface area (Å²) in [5.41, 5.74) is 1.40. The minimum absolute atomic E-state index is 0. The standard InChI is InChI=1S/C22H34N4O.HI/c1-2-23-22(25-20-14-19-11-12-21(20)27-19)24-15-18-10-6-7-13-26(18)16-17-8-4-3-5-9-17;/h3-5,8-9,18-21H,2,6-7,10-16H2,1H3,(H2,23,24,25);1H. The summed E-state index contributed by atoms with van der Waals surface area (Å²) in [4.78, 5) is 7.59. The van der Waals surface area contributed by atoms with E-state index in [4.69, 9.17) is 9.73 Å². The van der Waals surface area contributed by atoms with Gasteiger partial charge in [-0.05, 0) is 51.1 Å². The minimum atomic E-state index is 0. The van der Waals surface area contributed by atoms with E-state index < -0.39 is 0 Å². The fourth-order valence-electron chi connectivity index (χ4n) is 4.77. The number of guanidine groups is 1. The average molecular weight is 498 g/mol. The highest BCUT2D eigenvalue weighted by atomic mass is 127. The van der Waals surface area contributed by atoms with Crippen molar-refractivity contribution in [3.63, 3.8) is 0 Å². The van der Waals surface area contributed by atoms with Gasteiger partial charge in [-0.1, -0.05) is 36.8 Å². The van der Waals surface area contributed by atoms with Crippen LogP contribution in [-0.2, 0) is 11.3 Å². The van der Waals surface area contributed by atoms with Gasteiger partial charge in [0.15, 0.2) is 5.96 Å². The van der Waals surface area contributed by atoms with E-state index in [0.717, 1.165) is 32.0 Å². The molecule has 3 heterocycles. The van der Waals surface area contributed by atoms with Crippen molar-refractivity contribution in [3.05, 3.63) is 35.9 Å². The Hall–Kier alpha value is -0.860. The summed E-state index contributed by atoms with van der Waals surface area (Å²) in [6.07, 6.45) is 8.25. The SMILES string of the molecule is CCNC(=NCC1CCCCN1Cc1ccccc1)NC1CC2CCC1O2.I. The van der Waals surface area contributed by atoms with Gasteiger partial charge in [-0.2, -0.15) is 0 Å². The zero-order valence-electron chi connectivity index (χ0n) is 17.0. The summed E-state index contributed by atoms with van der Waals surface area (Å²) in [5.74, 6) is 0.962. The zero-order valence-corrected chi connectivity index (χ0v) is 19.3. The Morgan fingerprint density at radius 1 is 1.18 bits per heavy atom. The first kappa shape index (κ1) is 21.8. The second kappa shape index (κ2) is 10.8. The first-order chi connectivity index (χ1) is 13.3. The Balaban J connectivity index is 0.00000225. The molecule has 3 aliphatic rings. The normalized spacial score (nSPS) is 30.1. The number of ether oxygens (including phenoxy) is 1. The van der Waals surface area contributed by atoms with Crippen LogP contribution < -0.4 is 10.6 Å². The van der Waals surface area contributed by atoms with Gasteiger partial charge < -0.3 is 15.4 Å². The molecule has 0 aromatic heterocycles.